The van der Waals surface area contributed by atoms with Gasteiger partial charge >= 0.3 is 6.03 Å². The van der Waals surface area contributed by atoms with Crippen molar-refractivity contribution in [2.45, 2.75) is 43.4 Å². The van der Waals surface area contributed by atoms with Gasteiger partial charge in [0, 0.05) is 23.7 Å². The molecule has 0 saturated heterocycles. The van der Waals surface area contributed by atoms with E-state index >= 15 is 0 Å². The fraction of sp³-hybridized carbons (Fsp3) is 0.500. The van der Waals surface area contributed by atoms with Crippen molar-refractivity contribution in [3.05, 3.63) is 34.3 Å². The van der Waals surface area contributed by atoms with Crippen molar-refractivity contribution in [2.75, 3.05) is 0 Å². The third kappa shape index (κ3) is 2.36. The Morgan fingerprint density at radius 1 is 1.42 bits per heavy atom. The van der Waals surface area contributed by atoms with E-state index in [1.807, 2.05) is 31.2 Å². The fourth-order valence-electron chi connectivity index (χ4n) is 3.13. The first kappa shape index (κ1) is 12.9. The lowest BCUT2D eigenvalue weighted by molar-refractivity contribution is -0.162. The van der Waals surface area contributed by atoms with Gasteiger partial charge in [0.2, 0.25) is 0 Å². The molecular weight excluding hydrogens is 311 g/mol. The van der Waals surface area contributed by atoms with E-state index in [4.69, 9.17) is 0 Å². The van der Waals surface area contributed by atoms with E-state index in [1.165, 1.54) is 0 Å². The van der Waals surface area contributed by atoms with Gasteiger partial charge in [0.25, 0.3) is 0 Å². The molecule has 102 valence electrons. The molecule has 1 aromatic carbocycles. The van der Waals surface area contributed by atoms with E-state index < -0.39 is 5.67 Å². The zero-order valence-electron chi connectivity index (χ0n) is 10.7. The first-order valence-corrected chi connectivity index (χ1v) is 7.22. The van der Waals surface area contributed by atoms with Gasteiger partial charge in [-0.3, -0.25) is 0 Å². The summed E-state index contributed by atoms with van der Waals surface area (Å²) in [7, 11) is 0. The van der Waals surface area contributed by atoms with Crippen LogP contribution in [0.1, 0.15) is 37.8 Å². The fourth-order valence-corrected chi connectivity index (χ4v) is 3.55. The van der Waals surface area contributed by atoms with Crippen LogP contribution < -0.4 is 10.6 Å². The van der Waals surface area contributed by atoms with Crippen LogP contribution in [0.3, 0.4) is 0 Å². The van der Waals surface area contributed by atoms with Gasteiger partial charge in [-0.2, -0.15) is 0 Å². The molecule has 19 heavy (non-hydrogen) atoms. The smallest absolute Gasteiger partial charge is 0.315 e. The van der Waals surface area contributed by atoms with Crippen molar-refractivity contribution in [3.63, 3.8) is 0 Å². The standard InChI is InChI=1S/C14H16BrFN2O/c1-9(10-3-2-4-11(15)5-10)17-12(19)18-14-6-13(16,7-14)8-14/h2-5,9H,6-8H2,1H3,(H2,17,18,19)/t9-,13?,14?/m0/s1. The molecule has 0 heterocycles. The van der Waals surface area contributed by atoms with Crippen molar-refractivity contribution >= 4 is 22.0 Å². The van der Waals surface area contributed by atoms with E-state index in [0.29, 0.717) is 19.3 Å². The van der Waals surface area contributed by atoms with E-state index in [-0.39, 0.29) is 17.6 Å². The molecule has 2 amide bonds. The van der Waals surface area contributed by atoms with Gasteiger partial charge in [0.15, 0.2) is 0 Å². The van der Waals surface area contributed by atoms with Gasteiger partial charge in [0.05, 0.1) is 11.6 Å². The highest BCUT2D eigenvalue weighted by molar-refractivity contribution is 9.10. The lowest BCUT2D eigenvalue weighted by Crippen LogP contribution is -2.77. The first-order valence-electron chi connectivity index (χ1n) is 6.43. The molecule has 0 unspecified atom stereocenters. The quantitative estimate of drug-likeness (QED) is 0.877. The van der Waals surface area contributed by atoms with E-state index in [2.05, 4.69) is 26.6 Å². The monoisotopic (exact) mass is 326 g/mol. The predicted octanol–water partition coefficient (Wildman–Crippen LogP) is 3.45. The third-order valence-corrected chi connectivity index (χ3v) is 4.53. The van der Waals surface area contributed by atoms with Crippen LogP contribution in [0.2, 0.25) is 0 Å². The van der Waals surface area contributed by atoms with E-state index in [9.17, 15) is 9.18 Å². The number of amides is 2. The van der Waals surface area contributed by atoms with Gasteiger partial charge in [-0.05, 0) is 24.6 Å². The Balaban J connectivity index is 1.55. The number of benzene rings is 1. The minimum atomic E-state index is -0.983. The Morgan fingerprint density at radius 3 is 2.68 bits per heavy atom. The summed E-state index contributed by atoms with van der Waals surface area (Å²) in [5.74, 6) is 0. The number of hydrogen-bond donors (Lipinski definition) is 2. The molecule has 3 saturated carbocycles. The van der Waals surface area contributed by atoms with Crippen LogP contribution >= 0.6 is 15.9 Å². The Bertz CT molecular complexity index is 514. The van der Waals surface area contributed by atoms with Crippen LogP contribution in [0.25, 0.3) is 0 Å². The lowest BCUT2D eigenvalue weighted by Gasteiger charge is -2.65. The SMILES string of the molecule is C[C@H](NC(=O)NC12CC(F)(C1)C2)c1cccc(Br)c1. The molecular formula is C14H16BrFN2O. The lowest BCUT2D eigenvalue weighted by atomic mass is 9.47. The van der Waals surface area contributed by atoms with Crippen LogP contribution in [-0.4, -0.2) is 17.2 Å². The topological polar surface area (TPSA) is 41.1 Å². The molecule has 0 aliphatic heterocycles. The maximum absolute atomic E-state index is 13.4. The summed E-state index contributed by atoms with van der Waals surface area (Å²) < 4.78 is 14.3. The molecule has 3 aliphatic carbocycles. The van der Waals surface area contributed by atoms with Crippen LogP contribution in [-0.2, 0) is 0 Å². The van der Waals surface area contributed by atoms with Crippen molar-refractivity contribution < 1.29 is 9.18 Å². The molecule has 1 aromatic rings. The highest BCUT2D eigenvalue weighted by atomic mass is 79.9. The largest absolute Gasteiger partial charge is 0.332 e. The summed E-state index contributed by atoms with van der Waals surface area (Å²) in [4.78, 5) is 11.9. The van der Waals surface area contributed by atoms with Gasteiger partial charge < -0.3 is 10.6 Å². The summed E-state index contributed by atoms with van der Waals surface area (Å²) in [5.41, 5.74) is -0.219. The van der Waals surface area contributed by atoms with Crippen molar-refractivity contribution in [1.82, 2.24) is 10.6 Å². The van der Waals surface area contributed by atoms with Crippen LogP contribution in [0.5, 0.6) is 0 Å². The second-order valence-electron chi connectivity index (χ2n) is 5.84. The Morgan fingerprint density at radius 2 is 2.11 bits per heavy atom. The number of rotatable bonds is 3. The zero-order chi connectivity index (χ0) is 13.7. The molecule has 0 radical (unpaired) electrons. The van der Waals surface area contributed by atoms with Crippen molar-refractivity contribution in [2.24, 2.45) is 0 Å². The summed E-state index contributed by atoms with van der Waals surface area (Å²) in [6.07, 6.45) is 1.41. The normalized spacial score (nSPS) is 32.8. The van der Waals surface area contributed by atoms with E-state index in [0.717, 1.165) is 10.0 Å². The Hall–Kier alpha value is -1.10. The maximum Gasteiger partial charge on any atom is 0.315 e. The van der Waals surface area contributed by atoms with Crippen LogP contribution in [0.4, 0.5) is 9.18 Å². The summed E-state index contributed by atoms with van der Waals surface area (Å²) in [6.45, 7) is 1.93. The molecule has 0 spiro atoms. The molecule has 4 rings (SSSR count). The average Bonchev–Trinajstić information content (AvgIpc) is 2.25. The molecule has 5 heteroatoms. The second kappa shape index (κ2) is 4.20. The molecule has 1 atom stereocenters. The van der Waals surface area contributed by atoms with Gasteiger partial charge in [-0.15, -0.1) is 0 Å². The number of carbonyl (C=O) groups excluding carboxylic acids is 1. The van der Waals surface area contributed by atoms with Crippen LogP contribution in [0, 0.1) is 0 Å². The summed E-state index contributed by atoms with van der Waals surface area (Å²) >= 11 is 3.41. The number of halogens is 2. The zero-order valence-corrected chi connectivity index (χ0v) is 12.3. The third-order valence-electron chi connectivity index (χ3n) is 4.04. The number of urea groups is 1. The van der Waals surface area contributed by atoms with Crippen LogP contribution in [0.15, 0.2) is 28.7 Å². The molecule has 3 nitrogen and oxygen atoms in total. The predicted molar refractivity (Wildman–Crippen MR) is 74.6 cm³/mol. The minimum absolute atomic E-state index is 0.0795. The Labute approximate surface area is 120 Å². The average molecular weight is 327 g/mol. The van der Waals surface area contributed by atoms with Gasteiger partial charge in [-0.1, -0.05) is 28.1 Å². The molecule has 3 fully saturated rings. The molecule has 0 aromatic heterocycles. The number of nitrogens with one attached hydrogen (secondary N) is 2. The van der Waals surface area contributed by atoms with Gasteiger partial charge in [0.1, 0.15) is 5.67 Å². The van der Waals surface area contributed by atoms with Gasteiger partial charge in [-0.25, -0.2) is 9.18 Å². The maximum atomic E-state index is 13.4. The number of carbonyl (C=O) groups is 1. The Kier molecular flexibility index (Phi) is 2.85. The minimum Gasteiger partial charge on any atom is -0.332 e. The summed E-state index contributed by atoms with van der Waals surface area (Å²) in [6, 6.07) is 7.52. The highest BCUT2D eigenvalue weighted by Gasteiger charge is 2.69. The first-order chi connectivity index (χ1) is 8.90. The number of hydrogen-bond acceptors (Lipinski definition) is 1. The highest BCUT2D eigenvalue weighted by Crippen LogP contribution is 2.62. The summed E-state index contributed by atoms with van der Waals surface area (Å²) in [5, 5.41) is 5.79. The molecule has 3 aliphatic rings. The van der Waals surface area contributed by atoms with Crippen molar-refractivity contribution in [1.29, 1.82) is 0 Å². The molecule has 2 bridgehead atoms. The number of alkyl halides is 1. The van der Waals surface area contributed by atoms with Crippen molar-refractivity contribution in [3.8, 4) is 0 Å². The molecule has 2 N–H and O–H groups in total. The second-order valence-corrected chi connectivity index (χ2v) is 6.75. The van der Waals surface area contributed by atoms with E-state index in [1.54, 1.807) is 0 Å².